The van der Waals surface area contributed by atoms with Crippen molar-refractivity contribution < 1.29 is 18.6 Å². The van der Waals surface area contributed by atoms with Crippen LogP contribution in [0.25, 0.3) is 0 Å². The Morgan fingerprint density at radius 3 is 2.79 bits per heavy atom. The molecular formula is C13H14F2N2O2. The number of imidazole rings is 1. The molecule has 0 amide bonds. The number of aliphatic hydroxyl groups is 1. The fourth-order valence-corrected chi connectivity index (χ4v) is 1.73. The number of hydrogen-bond donors (Lipinski definition) is 1. The Morgan fingerprint density at radius 1 is 1.37 bits per heavy atom. The topological polar surface area (TPSA) is 47.3 Å². The predicted octanol–water partition coefficient (Wildman–Crippen LogP) is 2.91. The van der Waals surface area contributed by atoms with Crippen LogP contribution in [0.1, 0.15) is 31.0 Å². The van der Waals surface area contributed by atoms with Crippen molar-refractivity contribution in [1.82, 2.24) is 9.55 Å². The van der Waals surface area contributed by atoms with E-state index in [1.54, 1.807) is 31.2 Å². The second-order valence-corrected chi connectivity index (χ2v) is 4.03. The molecule has 6 heteroatoms. The van der Waals surface area contributed by atoms with Crippen molar-refractivity contribution in [3.8, 4) is 5.75 Å². The summed E-state index contributed by atoms with van der Waals surface area (Å²) in [6.45, 7) is -1.11. The molecule has 1 aromatic heterocycles. The van der Waals surface area contributed by atoms with Gasteiger partial charge in [0, 0.05) is 18.0 Å². The number of hydrogen-bond acceptors (Lipinski definition) is 3. The molecule has 1 N–H and O–H groups in total. The van der Waals surface area contributed by atoms with Gasteiger partial charge in [-0.15, -0.1) is 0 Å². The van der Waals surface area contributed by atoms with Crippen LogP contribution in [0.15, 0.2) is 36.7 Å². The van der Waals surface area contributed by atoms with E-state index in [-0.39, 0.29) is 12.4 Å². The van der Waals surface area contributed by atoms with Gasteiger partial charge < -0.3 is 9.84 Å². The molecule has 2 aromatic rings. The summed E-state index contributed by atoms with van der Waals surface area (Å²) in [6.07, 6.45) is 1.81. The minimum absolute atomic E-state index is 0.0823. The first kappa shape index (κ1) is 13.5. The van der Waals surface area contributed by atoms with Crippen molar-refractivity contribution in [3.05, 3.63) is 48.0 Å². The quantitative estimate of drug-likeness (QED) is 0.907. The Kier molecular flexibility index (Phi) is 4.11. The van der Waals surface area contributed by atoms with Gasteiger partial charge in [-0.1, -0.05) is 18.2 Å². The van der Waals surface area contributed by atoms with Crippen molar-refractivity contribution in [2.45, 2.75) is 26.2 Å². The predicted molar refractivity (Wildman–Crippen MR) is 64.9 cm³/mol. The van der Waals surface area contributed by atoms with E-state index in [4.69, 9.17) is 4.74 Å². The molecule has 0 saturated carbocycles. The molecule has 0 aliphatic heterocycles. The second kappa shape index (κ2) is 5.79. The highest BCUT2D eigenvalue weighted by Gasteiger charge is 2.13. The first-order valence-electron chi connectivity index (χ1n) is 5.79. The fourth-order valence-electron chi connectivity index (χ4n) is 1.73. The standard InChI is InChI=1S/C13H14F2N2O2/c1-9(18)10-4-2-3-5-11(10)19-8-12-16-6-7-17(12)13(14)15/h2-7,9,13,18H,8H2,1H3/t9-/m0/s1. The highest BCUT2D eigenvalue weighted by Crippen LogP contribution is 2.25. The maximum absolute atomic E-state index is 12.6. The van der Waals surface area contributed by atoms with Crippen LogP contribution in [0, 0.1) is 0 Å². The summed E-state index contributed by atoms with van der Waals surface area (Å²) in [5, 5.41) is 9.58. The summed E-state index contributed by atoms with van der Waals surface area (Å²) >= 11 is 0. The van der Waals surface area contributed by atoms with Crippen LogP contribution < -0.4 is 4.74 Å². The number of benzene rings is 1. The molecule has 1 aromatic carbocycles. The molecule has 1 heterocycles. The van der Waals surface area contributed by atoms with Crippen molar-refractivity contribution in [2.75, 3.05) is 0 Å². The summed E-state index contributed by atoms with van der Waals surface area (Å²) < 4.78 is 31.4. The highest BCUT2D eigenvalue weighted by molar-refractivity contribution is 5.34. The van der Waals surface area contributed by atoms with Crippen LogP contribution in [0.4, 0.5) is 8.78 Å². The number of para-hydroxylation sites is 1. The normalized spacial score (nSPS) is 12.7. The van der Waals surface area contributed by atoms with Crippen LogP contribution >= 0.6 is 0 Å². The lowest BCUT2D eigenvalue weighted by Gasteiger charge is -2.13. The van der Waals surface area contributed by atoms with Gasteiger partial charge in [0.25, 0.3) is 0 Å². The molecule has 0 fully saturated rings. The molecule has 2 rings (SSSR count). The molecule has 0 bridgehead atoms. The third kappa shape index (κ3) is 3.08. The Labute approximate surface area is 109 Å². The van der Waals surface area contributed by atoms with E-state index in [9.17, 15) is 13.9 Å². The van der Waals surface area contributed by atoms with Crippen molar-refractivity contribution in [3.63, 3.8) is 0 Å². The summed E-state index contributed by atoms with van der Waals surface area (Å²) in [5.74, 6) is 0.594. The van der Waals surface area contributed by atoms with E-state index in [1.807, 2.05) is 0 Å². The Balaban J connectivity index is 2.13. The van der Waals surface area contributed by atoms with E-state index >= 15 is 0 Å². The number of ether oxygens (including phenoxy) is 1. The largest absolute Gasteiger partial charge is 0.485 e. The molecular weight excluding hydrogens is 254 g/mol. The summed E-state index contributed by atoms with van der Waals surface area (Å²) in [5.41, 5.74) is 0.609. The zero-order valence-electron chi connectivity index (χ0n) is 10.3. The van der Waals surface area contributed by atoms with Gasteiger partial charge in [0.15, 0.2) is 5.82 Å². The van der Waals surface area contributed by atoms with Crippen LogP contribution in [-0.2, 0) is 6.61 Å². The smallest absolute Gasteiger partial charge is 0.320 e. The molecule has 0 spiro atoms. The van der Waals surface area contributed by atoms with E-state index in [2.05, 4.69) is 4.98 Å². The van der Waals surface area contributed by atoms with Gasteiger partial charge in [0.2, 0.25) is 0 Å². The molecule has 0 aliphatic rings. The summed E-state index contributed by atoms with van der Waals surface area (Å²) in [4.78, 5) is 3.82. The third-order valence-corrected chi connectivity index (χ3v) is 2.69. The zero-order valence-corrected chi connectivity index (χ0v) is 10.3. The summed E-state index contributed by atoms with van der Waals surface area (Å²) in [6, 6.07) is 6.92. The zero-order chi connectivity index (χ0) is 13.8. The van der Waals surface area contributed by atoms with Gasteiger partial charge in [-0.05, 0) is 13.0 Å². The van der Waals surface area contributed by atoms with Gasteiger partial charge in [-0.2, -0.15) is 8.78 Å². The Morgan fingerprint density at radius 2 is 2.11 bits per heavy atom. The van der Waals surface area contributed by atoms with Gasteiger partial charge in [-0.3, -0.25) is 4.57 Å². The number of halogens is 2. The summed E-state index contributed by atoms with van der Waals surface area (Å²) in [7, 11) is 0. The maximum atomic E-state index is 12.6. The van der Waals surface area contributed by atoms with Crippen molar-refractivity contribution >= 4 is 0 Å². The van der Waals surface area contributed by atoms with Crippen LogP contribution in [0.3, 0.4) is 0 Å². The van der Waals surface area contributed by atoms with Crippen LogP contribution in [0.2, 0.25) is 0 Å². The molecule has 0 radical (unpaired) electrons. The molecule has 102 valence electrons. The number of alkyl halides is 2. The third-order valence-electron chi connectivity index (χ3n) is 2.69. The number of nitrogens with zero attached hydrogens (tertiary/aromatic N) is 2. The number of aromatic nitrogens is 2. The lowest BCUT2D eigenvalue weighted by atomic mass is 10.1. The molecule has 4 nitrogen and oxygen atoms in total. The second-order valence-electron chi connectivity index (χ2n) is 4.03. The van der Waals surface area contributed by atoms with Crippen molar-refractivity contribution in [2.24, 2.45) is 0 Å². The van der Waals surface area contributed by atoms with E-state index in [1.165, 1.54) is 12.4 Å². The average molecular weight is 268 g/mol. The van der Waals surface area contributed by atoms with Gasteiger partial charge in [-0.25, -0.2) is 4.98 Å². The minimum atomic E-state index is -2.65. The van der Waals surface area contributed by atoms with Crippen LogP contribution in [0.5, 0.6) is 5.75 Å². The molecule has 0 saturated heterocycles. The van der Waals surface area contributed by atoms with Gasteiger partial charge in [0.05, 0.1) is 6.10 Å². The first-order chi connectivity index (χ1) is 9.09. The monoisotopic (exact) mass is 268 g/mol. The Bertz CT molecular complexity index is 541. The molecule has 1 atom stereocenters. The average Bonchev–Trinajstić information content (AvgIpc) is 2.85. The van der Waals surface area contributed by atoms with Gasteiger partial charge in [0.1, 0.15) is 12.4 Å². The minimum Gasteiger partial charge on any atom is -0.485 e. The molecule has 19 heavy (non-hydrogen) atoms. The molecule has 0 aliphatic carbocycles. The SMILES string of the molecule is C[C@H](O)c1ccccc1OCc1nccn1C(F)F. The van der Waals surface area contributed by atoms with E-state index in [0.717, 1.165) is 4.57 Å². The maximum Gasteiger partial charge on any atom is 0.320 e. The Hall–Kier alpha value is -1.95. The van der Waals surface area contributed by atoms with Gasteiger partial charge >= 0.3 is 6.55 Å². The lowest BCUT2D eigenvalue weighted by Crippen LogP contribution is -2.08. The van der Waals surface area contributed by atoms with E-state index in [0.29, 0.717) is 11.3 Å². The number of aliphatic hydroxyl groups excluding tert-OH is 1. The first-order valence-corrected chi connectivity index (χ1v) is 5.79. The van der Waals surface area contributed by atoms with Crippen molar-refractivity contribution in [1.29, 1.82) is 0 Å². The van der Waals surface area contributed by atoms with E-state index < -0.39 is 12.7 Å². The fraction of sp³-hybridized carbons (Fsp3) is 0.308. The van der Waals surface area contributed by atoms with Crippen LogP contribution in [-0.4, -0.2) is 14.7 Å². The molecule has 0 unspecified atom stereocenters. The lowest BCUT2D eigenvalue weighted by molar-refractivity contribution is 0.0630. The highest BCUT2D eigenvalue weighted by atomic mass is 19.3. The number of rotatable bonds is 5.